The average molecular weight is 541 g/mol. The zero-order valence-corrected chi connectivity index (χ0v) is 23.4. The van der Waals surface area contributed by atoms with Gasteiger partial charge in [-0.05, 0) is 104 Å². The van der Waals surface area contributed by atoms with Crippen molar-refractivity contribution in [2.45, 2.75) is 19.3 Å². The van der Waals surface area contributed by atoms with Gasteiger partial charge in [-0.2, -0.15) is 5.26 Å². The van der Waals surface area contributed by atoms with Crippen molar-refractivity contribution >= 4 is 16.6 Å². The highest BCUT2D eigenvalue weighted by Gasteiger charge is 2.35. The minimum absolute atomic E-state index is 0.179. The van der Waals surface area contributed by atoms with E-state index in [1.54, 1.807) is 6.20 Å². The molecule has 0 spiro atoms. The Bertz CT molecular complexity index is 2140. The summed E-state index contributed by atoms with van der Waals surface area (Å²) in [7, 11) is 0. The van der Waals surface area contributed by atoms with Gasteiger partial charge in [0.05, 0.1) is 11.6 Å². The third kappa shape index (κ3) is 4.33. The van der Waals surface area contributed by atoms with E-state index in [2.05, 4.69) is 96.6 Å². The SMILES string of the molecule is CC1(C)c2cc(C#N)ccc2-c2ccc(-c3ccc4ccc(-c5cccc(C(=N)/N=c6/cccc[nH]6)c5)cc4c3)cc21. The Labute approximate surface area is 244 Å². The summed E-state index contributed by atoms with van der Waals surface area (Å²) in [5, 5.41) is 20.3. The van der Waals surface area contributed by atoms with Crippen LogP contribution < -0.4 is 5.49 Å². The Morgan fingerprint density at radius 2 is 1.36 bits per heavy atom. The minimum atomic E-state index is -0.179. The van der Waals surface area contributed by atoms with Crippen molar-refractivity contribution < 1.29 is 0 Å². The van der Waals surface area contributed by atoms with Gasteiger partial charge in [-0.1, -0.05) is 80.6 Å². The molecule has 0 saturated heterocycles. The fourth-order valence-electron chi connectivity index (χ4n) is 6.08. The number of aromatic amines is 1. The molecule has 200 valence electrons. The van der Waals surface area contributed by atoms with Gasteiger partial charge < -0.3 is 4.98 Å². The molecule has 0 saturated carbocycles. The number of hydrogen-bond donors (Lipinski definition) is 2. The maximum Gasteiger partial charge on any atom is 0.154 e. The fraction of sp³-hybridized carbons (Fsp3) is 0.0789. The zero-order chi connectivity index (χ0) is 28.8. The van der Waals surface area contributed by atoms with Crippen molar-refractivity contribution in [1.82, 2.24) is 4.98 Å². The maximum absolute atomic E-state index is 9.46. The van der Waals surface area contributed by atoms with E-state index >= 15 is 0 Å². The van der Waals surface area contributed by atoms with Crippen molar-refractivity contribution in [3.8, 4) is 39.4 Å². The van der Waals surface area contributed by atoms with Gasteiger partial charge in [-0.25, -0.2) is 4.99 Å². The molecule has 0 radical (unpaired) electrons. The van der Waals surface area contributed by atoms with Crippen LogP contribution >= 0.6 is 0 Å². The van der Waals surface area contributed by atoms with Crippen molar-refractivity contribution in [1.29, 1.82) is 10.7 Å². The lowest BCUT2D eigenvalue weighted by Crippen LogP contribution is -2.15. The van der Waals surface area contributed by atoms with Crippen LogP contribution in [0.1, 0.15) is 36.1 Å². The maximum atomic E-state index is 9.46. The first-order valence-corrected chi connectivity index (χ1v) is 14.0. The molecule has 4 nitrogen and oxygen atoms in total. The summed E-state index contributed by atoms with van der Waals surface area (Å²) in [6.07, 6.45) is 1.81. The van der Waals surface area contributed by atoms with Crippen LogP contribution in [0.2, 0.25) is 0 Å². The Morgan fingerprint density at radius 1 is 0.690 bits per heavy atom. The van der Waals surface area contributed by atoms with E-state index in [0.717, 1.165) is 22.1 Å². The van der Waals surface area contributed by atoms with E-state index in [4.69, 9.17) is 5.41 Å². The molecule has 4 heteroatoms. The topological polar surface area (TPSA) is 75.8 Å². The van der Waals surface area contributed by atoms with Crippen LogP contribution in [-0.4, -0.2) is 10.8 Å². The number of hydrogen-bond acceptors (Lipinski definition) is 2. The largest absolute Gasteiger partial charge is 0.347 e. The number of nitrogens with one attached hydrogen (secondary N) is 2. The number of nitrogens with zero attached hydrogens (tertiary/aromatic N) is 2. The first kappa shape index (κ1) is 25.4. The lowest BCUT2D eigenvalue weighted by molar-refractivity contribution is 0.660. The summed E-state index contributed by atoms with van der Waals surface area (Å²) >= 11 is 0. The van der Waals surface area contributed by atoms with Crippen molar-refractivity contribution in [2.75, 3.05) is 0 Å². The normalized spacial score (nSPS) is 13.4. The van der Waals surface area contributed by atoms with Crippen LogP contribution in [0.15, 0.2) is 126 Å². The number of benzene rings is 5. The molecule has 7 rings (SSSR count). The van der Waals surface area contributed by atoms with E-state index in [-0.39, 0.29) is 11.3 Å². The molecule has 1 aromatic heterocycles. The first-order valence-electron chi connectivity index (χ1n) is 14.0. The van der Waals surface area contributed by atoms with Gasteiger partial charge in [0.2, 0.25) is 0 Å². The molecule has 0 unspecified atom stereocenters. The number of aromatic nitrogens is 1. The quantitative estimate of drug-likeness (QED) is 0.171. The number of nitriles is 1. The molecule has 0 aliphatic heterocycles. The van der Waals surface area contributed by atoms with E-state index in [9.17, 15) is 5.26 Å². The van der Waals surface area contributed by atoms with Crippen LogP contribution in [0.4, 0.5) is 0 Å². The lowest BCUT2D eigenvalue weighted by atomic mass is 9.81. The smallest absolute Gasteiger partial charge is 0.154 e. The summed E-state index contributed by atoms with van der Waals surface area (Å²) < 4.78 is 0. The third-order valence-corrected chi connectivity index (χ3v) is 8.37. The molecular weight excluding hydrogens is 512 g/mol. The van der Waals surface area contributed by atoms with Gasteiger partial charge in [-0.3, -0.25) is 5.41 Å². The van der Waals surface area contributed by atoms with Gasteiger partial charge >= 0.3 is 0 Å². The predicted octanol–water partition coefficient (Wildman–Crippen LogP) is 8.61. The van der Waals surface area contributed by atoms with Gasteiger partial charge in [0.1, 0.15) is 5.49 Å². The second-order valence-electron chi connectivity index (χ2n) is 11.3. The molecule has 1 aliphatic rings. The monoisotopic (exact) mass is 540 g/mol. The summed E-state index contributed by atoms with van der Waals surface area (Å²) in [6, 6.07) is 41.9. The molecule has 0 atom stereocenters. The molecule has 1 heterocycles. The summed E-state index contributed by atoms with van der Waals surface area (Å²) in [5.74, 6) is 0.216. The third-order valence-electron chi connectivity index (χ3n) is 8.37. The fourth-order valence-corrected chi connectivity index (χ4v) is 6.08. The van der Waals surface area contributed by atoms with Gasteiger partial charge in [0.25, 0.3) is 0 Å². The second-order valence-corrected chi connectivity index (χ2v) is 11.3. The van der Waals surface area contributed by atoms with Crippen LogP contribution in [0.3, 0.4) is 0 Å². The molecule has 0 amide bonds. The van der Waals surface area contributed by atoms with Crippen molar-refractivity contribution in [3.63, 3.8) is 0 Å². The summed E-state index contributed by atoms with van der Waals surface area (Å²) in [6.45, 7) is 4.49. The van der Waals surface area contributed by atoms with Crippen molar-refractivity contribution in [2.24, 2.45) is 4.99 Å². The number of rotatable bonds is 3. The van der Waals surface area contributed by atoms with Crippen molar-refractivity contribution in [3.05, 3.63) is 149 Å². The van der Waals surface area contributed by atoms with E-state index in [0.29, 0.717) is 11.1 Å². The molecule has 6 aromatic rings. The predicted molar refractivity (Wildman–Crippen MR) is 170 cm³/mol. The molecule has 0 bridgehead atoms. The highest BCUT2D eigenvalue weighted by atomic mass is 14.9. The zero-order valence-electron chi connectivity index (χ0n) is 23.4. The number of amidine groups is 1. The Morgan fingerprint density at radius 3 is 2.07 bits per heavy atom. The molecule has 42 heavy (non-hydrogen) atoms. The van der Waals surface area contributed by atoms with Crippen LogP contribution in [0.5, 0.6) is 0 Å². The van der Waals surface area contributed by atoms with Gasteiger partial charge in [0.15, 0.2) is 5.84 Å². The standard InChI is InChI=1S/C38H28N4/c1-38(2)34-18-24(23-39)9-15-32(34)33-16-14-29(22-35(33)38)28-13-11-25-10-12-27(20-31(25)21-28)26-6-5-7-30(19-26)37(40)42-36-8-3-4-17-41-36/h3-22H,1-2H3,(H2,40,41,42). The van der Waals surface area contributed by atoms with E-state index < -0.39 is 0 Å². The highest BCUT2D eigenvalue weighted by molar-refractivity contribution is 5.98. The lowest BCUT2D eigenvalue weighted by Gasteiger charge is -2.22. The van der Waals surface area contributed by atoms with Crippen LogP contribution in [-0.2, 0) is 5.41 Å². The van der Waals surface area contributed by atoms with Crippen LogP contribution in [0, 0.1) is 16.7 Å². The first-order chi connectivity index (χ1) is 20.4. The van der Waals surface area contributed by atoms with Gasteiger partial charge in [-0.15, -0.1) is 0 Å². The Hall–Kier alpha value is -5.53. The minimum Gasteiger partial charge on any atom is -0.347 e. The van der Waals surface area contributed by atoms with Crippen LogP contribution in [0.25, 0.3) is 44.2 Å². The Balaban J connectivity index is 1.24. The highest BCUT2D eigenvalue weighted by Crippen LogP contribution is 2.50. The Kier molecular flexibility index (Phi) is 5.96. The molecule has 0 fully saturated rings. The average Bonchev–Trinajstić information content (AvgIpc) is 3.26. The number of pyridine rings is 1. The second kappa shape index (κ2) is 9.83. The van der Waals surface area contributed by atoms with Gasteiger partial charge in [0, 0.05) is 17.2 Å². The summed E-state index contributed by atoms with van der Waals surface area (Å²) in [4.78, 5) is 7.49. The molecule has 5 aromatic carbocycles. The number of H-pyrrole nitrogens is 1. The summed E-state index contributed by atoms with van der Waals surface area (Å²) in [5.41, 5.74) is 11.4. The number of fused-ring (bicyclic) bond motifs is 4. The molecule has 2 N–H and O–H groups in total. The molecule has 1 aliphatic carbocycles. The van der Waals surface area contributed by atoms with E-state index in [1.165, 1.54) is 38.8 Å². The molecular formula is C38H28N4. The van der Waals surface area contributed by atoms with E-state index in [1.807, 2.05) is 48.5 Å².